The molecule has 1 aromatic rings. The third-order valence-corrected chi connectivity index (χ3v) is 0.854. The largest absolute Gasteiger partial charge is 1.00 e. The van der Waals surface area contributed by atoms with E-state index < -0.39 is 0 Å². The van der Waals surface area contributed by atoms with Gasteiger partial charge >= 0.3 is 1.43 Å². The van der Waals surface area contributed by atoms with Gasteiger partial charge in [-0.2, -0.15) is 0 Å². The summed E-state index contributed by atoms with van der Waals surface area (Å²) in [6, 6.07) is 1.38. The van der Waals surface area contributed by atoms with Gasteiger partial charge in [0.2, 0.25) is 5.43 Å². The van der Waals surface area contributed by atoms with Crippen LogP contribution in [0.4, 0.5) is 5.69 Å². The summed E-state index contributed by atoms with van der Waals surface area (Å²) in [6.07, 6.45) is 3.00. The lowest BCUT2D eigenvalue weighted by atomic mass is 10.4. The highest BCUT2D eigenvalue weighted by Gasteiger charge is 1.84. The summed E-state index contributed by atoms with van der Waals surface area (Å²) in [5.74, 6) is 0. The molecule has 3 nitrogen and oxygen atoms in total. The van der Waals surface area contributed by atoms with Crippen molar-refractivity contribution in [3.05, 3.63) is 28.7 Å². The van der Waals surface area contributed by atoms with Crippen molar-refractivity contribution in [2.24, 2.45) is 0 Å². The number of aromatic amines is 1. The maximum Gasteiger partial charge on any atom is 1.00 e. The molecule has 0 saturated heterocycles. The average Bonchev–Trinajstić information content (AvgIpc) is 1.77. The van der Waals surface area contributed by atoms with Gasteiger partial charge in [0.1, 0.15) is 0 Å². The summed E-state index contributed by atoms with van der Waals surface area (Å²) in [7, 11) is 0. The Bertz CT molecular complexity index is 232. The molecule has 8 heavy (non-hydrogen) atoms. The fourth-order valence-electron chi connectivity index (χ4n) is 0.429. The monoisotopic (exact) mass is 111 g/mol. The molecule has 3 N–H and O–H groups in total. The molecule has 0 radical (unpaired) electrons. The Hall–Kier alpha value is -1.25. The Kier molecular flexibility index (Phi) is 1.04. The second kappa shape index (κ2) is 1.69. The number of pyridine rings is 1. The van der Waals surface area contributed by atoms with Gasteiger partial charge in [0.15, 0.2) is 0 Å². The predicted molar refractivity (Wildman–Crippen MR) is 32.6 cm³/mol. The van der Waals surface area contributed by atoms with E-state index in [0.717, 1.165) is 0 Å². The van der Waals surface area contributed by atoms with Crippen LogP contribution < -0.4 is 11.2 Å². The Morgan fingerprint density at radius 1 is 1.75 bits per heavy atom. The van der Waals surface area contributed by atoms with Gasteiger partial charge in [0.25, 0.3) is 0 Å². The second-order valence-corrected chi connectivity index (χ2v) is 1.46. The molecular formula is C5H7N2O+. The lowest BCUT2D eigenvalue weighted by molar-refractivity contribution is 1.31. The summed E-state index contributed by atoms with van der Waals surface area (Å²) in [4.78, 5) is 13.2. The minimum atomic E-state index is -0.135. The van der Waals surface area contributed by atoms with Crippen molar-refractivity contribution in [2.45, 2.75) is 0 Å². The number of hydrogen-bond acceptors (Lipinski definition) is 2. The van der Waals surface area contributed by atoms with E-state index in [2.05, 4.69) is 4.98 Å². The fraction of sp³-hybridized carbons (Fsp3) is 0. The molecule has 0 bridgehead atoms. The quantitative estimate of drug-likeness (QED) is 0.497. The van der Waals surface area contributed by atoms with Gasteiger partial charge in [0.05, 0.1) is 5.69 Å². The first-order valence-corrected chi connectivity index (χ1v) is 2.23. The molecule has 0 unspecified atom stereocenters. The highest BCUT2D eigenvalue weighted by molar-refractivity contribution is 5.32. The van der Waals surface area contributed by atoms with E-state index in [1.165, 1.54) is 12.3 Å². The zero-order chi connectivity index (χ0) is 5.98. The van der Waals surface area contributed by atoms with Crippen LogP contribution in [0.15, 0.2) is 23.3 Å². The number of hydrogen-bond donors (Lipinski definition) is 2. The van der Waals surface area contributed by atoms with E-state index in [0.29, 0.717) is 0 Å². The summed E-state index contributed by atoms with van der Waals surface area (Å²) in [5.41, 5.74) is 5.30. The van der Waals surface area contributed by atoms with Gasteiger partial charge < -0.3 is 10.7 Å². The first kappa shape index (κ1) is 4.90. The summed E-state index contributed by atoms with van der Waals surface area (Å²) >= 11 is 0. The molecule has 0 aromatic carbocycles. The van der Waals surface area contributed by atoms with Crippen LogP contribution in [0.1, 0.15) is 1.43 Å². The van der Waals surface area contributed by atoms with Gasteiger partial charge in [-0.25, -0.2) is 0 Å². The van der Waals surface area contributed by atoms with Crippen molar-refractivity contribution < 1.29 is 1.43 Å². The van der Waals surface area contributed by atoms with Gasteiger partial charge in [-0.3, -0.25) is 4.79 Å². The van der Waals surface area contributed by atoms with Crippen molar-refractivity contribution in [3.8, 4) is 0 Å². The zero-order valence-corrected chi connectivity index (χ0v) is 4.22. The summed E-state index contributed by atoms with van der Waals surface area (Å²) in [6.45, 7) is 0. The smallest absolute Gasteiger partial charge is 0.394 e. The Morgan fingerprint density at radius 3 is 2.88 bits per heavy atom. The van der Waals surface area contributed by atoms with Gasteiger partial charge in [-0.1, -0.05) is 0 Å². The number of nitrogens with two attached hydrogens (primary N) is 1. The standard InChI is InChI=1S/C5H6N2O/c6-4-3-7-2-1-5(4)8/h1-3H,6H2,(H,7,8)/p+1. The van der Waals surface area contributed by atoms with E-state index in [4.69, 9.17) is 5.73 Å². The van der Waals surface area contributed by atoms with E-state index in [1.54, 1.807) is 6.20 Å². The maximum atomic E-state index is 10.5. The van der Waals surface area contributed by atoms with Crippen LogP contribution in [0, 0.1) is 0 Å². The minimum absolute atomic E-state index is 0. The maximum absolute atomic E-state index is 10.5. The number of rotatable bonds is 0. The van der Waals surface area contributed by atoms with Crippen LogP contribution >= 0.6 is 0 Å². The first-order valence-electron chi connectivity index (χ1n) is 2.23. The molecule has 0 aliphatic carbocycles. The number of H-pyrrole nitrogens is 1. The van der Waals surface area contributed by atoms with Crippen LogP contribution in [0.25, 0.3) is 0 Å². The normalized spacial score (nSPS) is 9.00. The van der Waals surface area contributed by atoms with Crippen molar-refractivity contribution >= 4 is 5.69 Å². The van der Waals surface area contributed by atoms with Gasteiger partial charge in [-0.15, -0.1) is 0 Å². The lowest BCUT2D eigenvalue weighted by Crippen LogP contribution is -2.05. The van der Waals surface area contributed by atoms with E-state index in [-0.39, 0.29) is 12.5 Å². The van der Waals surface area contributed by atoms with Crippen molar-refractivity contribution in [2.75, 3.05) is 5.73 Å². The highest BCUT2D eigenvalue weighted by Crippen LogP contribution is 1.82. The molecule has 0 amide bonds. The Morgan fingerprint density at radius 2 is 2.50 bits per heavy atom. The summed E-state index contributed by atoms with van der Waals surface area (Å²) in [5, 5.41) is 0. The summed E-state index contributed by atoms with van der Waals surface area (Å²) < 4.78 is 0. The SMILES string of the molecule is Nc1c[nH]ccc1=O.[H+]. The molecule has 0 atom stereocenters. The lowest BCUT2D eigenvalue weighted by Gasteiger charge is -1.84. The number of aromatic nitrogens is 1. The molecule has 0 aliphatic rings. The van der Waals surface area contributed by atoms with Crippen molar-refractivity contribution in [3.63, 3.8) is 0 Å². The third-order valence-electron chi connectivity index (χ3n) is 0.854. The Balaban J connectivity index is 0.000000640. The topological polar surface area (TPSA) is 58.9 Å². The third kappa shape index (κ3) is 0.703. The van der Waals surface area contributed by atoms with Crippen molar-refractivity contribution in [1.29, 1.82) is 0 Å². The minimum Gasteiger partial charge on any atom is -0.394 e. The molecule has 0 fully saturated rings. The van der Waals surface area contributed by atoms with Crippen molar-refractivity contribution in [1.82, 2.24) is 4.98 Å². The molecule has 1 heterocycles. The number of nitrogens with one attached hydrogen (secondary N) is 1. The average molecular weight is 111 g/mol. The van der Waals surface area contributed by atoms with Crippen LogP contribution in [0.5, 0.6) is 0 Å². The van der Waals surface area contributed by atoms with Crippen LogP contribution in [0.3, 0.4) is 0 Å². The van der Waals surface area contributed by atoms with Crippen LogP contribution in [0.2, 0.25) is 0 Å². The molecule has 0 spiro atoms. The molecule has 1 rings (SSSR count). The van der Waals surface area contributed by atoms with Gasteiger partial charge in [0, 0.05) is 18.5 Å². The number of nitrogen functional groups attached to an aromatic ring is 1. The van der Waals surface area contributed by atoms with E-state index >= 15 is 0 Å². The Labute approximate surface area is 47.6 Å². The van der Waals surface area contributed by atoms with E-state index in [9.17, 15) is 4.79 Å². The molecule has 42 valence electrons. The van der Waals surface area contributed by atoms with Gasteiger partial charge in [-0.05, 0) is 0 Å². The molecule has 3 heteroatoms. The molecular weight excluding hydrogens is 104 g/mol. The zero-order valence-electron chi connectivity index (χ0n) is 5.22. The fourth-order valence-corrected chi connectivity index (χ4v) is 0.429. The molecule has 1 aromatic heterocycles. The van der Waals surface area contributed by atoms with Crippen LogP contribution in [-0.4, -0.2) is 4.98 Å². The molecule has 0 saturated carbocycles. The van der Waals surface area contributed by atoms with Crippen LogP contribution in [-0.2, 0) is 0 Å². The first-order chi connectivity index (χ1) is 3.80. The van der Waals surface area contributed by atoms with E-state index in [1.807, 2.05) is 0 Å². The number of anilines is 1. The highest BCUT2D eigenvalue weighted by atomic mass is 16.1. The molecule has 0 aliphatic heterocycles. The second-order valence-electron chi connectivity index (χ2n) is 1.46. The predicted octanol–water partition coefficient (Wildman–Crippen LogP) is 0.0696.